The molecule has 5 heteroatoms. The molecule has 1 aliphatic heterocycles. The average molecular weight is 251 g/mol. The summed E-state index contributed by atoms with van der Waals surface area (Å²) in [7, 11) is 2.07. The zero-order valence-corrected chi connectivity index (χ0v) is 10.5. The molecule has 1 saturated heterocycles. The summed E-state index contributed by atoms with van der Waals surface area (Å²) >= 11 is 0. The van der Waals surface area contributed by atoms with Crippen molar-refractivity contribution in [2.24, 2.45) is 0 Å². The lowest BCUT2D eigenvalue weighted by Gasteiger charge is -2.32. The van der Waals surface area contributed by atoms with Gasteiger partial charge in [0.05, 0.1) is 6.42 Å². The fourth-order valence-corrected chi connectivity index (χ4v) is 1.92. The first-order valence-corrected chi connectivity index (χ1v) is 6.11. The van der Waals surface area contributed by atoms with E-state index in [0.717, 1.165) is 31.7 Å². The van der Waals surface area contributed by atoms with Crippen LogP contribution in [0.15, 0.2) is 24.3 Å². The van der Waals surface area contributed by atoms with Gasteiger partial charge in [-0.1, -0.05) is 12.1 Å². The van der Waals surface area contributed by atoms with Crippen LogP contribution in [0.4, 0.5) is 4.39 Å². The van der Waals surface area contributed by atoms with Gasteiger partial charge in [-0.05, 0) is 24.7 Å². The van der Waals surface area contributed by atoms with Crippen molar-refractivity contribution < 1.29 is 9.18 Å². The number of piperazine rings is 1. The van der Waals surface area contributed by atoms with Gasteiger partial charge in [0.2, 0.25) is 5.91 Å². The van der Waals surface area contributed by atoms with E-state index in [4.69, 9.17) is 0 Å². The highest BCUT2D eigenvalue weighted by atomic mass is 19.1. The highest BCUT2D eigenvalue weighted by Crippen LogP contribution is 2.04. The van der Waals surface area contributed by atoms with E-state index in [-0.39, 0.29) is 18.1 Å². The predicted molar refractivity (Wildman–Crippen MR) is 67.3 cm³/mol. The SMILES string of the molecule is CN1CCN(NC(=O)Cc2ccc(F)cc2)CC1. The Morgan fingerprint density at radius 2 is 1.83 bits per heavy atom. The van der Waals surface area contributed by atoms with Crippen LogP contribution in [0.3, 0.4) is 0 Å². The van der Waals surface area contributed by atoms with Crippen molar-refractivity contribution in [3.05, 3.63) is 35.6 Å². The summed E-state index contributed by atoms with van der Waals surface area (Å²) in [6.45, 7) is 3.59. The van der Waals surface area contributed by atoms with Crippen LogP contribution in [0.25, 0.3) is 0 Å². The second-order valence-electron chi connectivity index (χ2n) is 4.63. The molecule has 18 heavy (non-hydrogen) atoms. The molecule has 1 heterocycles. The van der Waals surface area contributed by atoms with E-state index >= 15 is 0 Å². The van der Waals surface area contributed by atoms with Crippen molar-refractivity contribution in [3.8, 4) is 0 Å². The summed E-state index contributed by atoms with van der Waals surface area (Å²) in [6, 6.07) is 6.02. The first-order valence-electron chi connectivity index (χ1n) is 6.11. The molecule has 0 radical (unpaired) electrons. The minimum absolute atomic E-state index is 0.0499. The maximum absolute atomic E-state index is 12.7. The molecular weight excluding hydrogens is 233 g/mol. The fraction of sp³-hybridized carbons (Fsp3) is 0.462. The monoisotopic (exact) mass is 251 g/mol. The van der Waals surface area contributed by atoms with Gasteiger partial charge in [0, 0.05) is 26.2 Å². The lowest BCUT2D eigenvalue weighted by Crippen LogP contribution is -2.52. The topological polar surface area (TPSA) is 35.6 Å². The molecule has 0 aliphatic carbocycles. The third-order valence-electron chi connectivity index (χ3n) is 3.06. The standard InChI is InChI=1S/C13H18FN3O/c1-16-6-8-17(9-7-16)15-13(18)10-11-2-4-12(14)5-3-11/h2-5H,6-10H2,1H3,(H,15,18). The van der Waals surface area contributed by atoms with Gasteiger partial charge in [-0.3, -0.25) is 10.2 Å². The Balaban J connectivity index is 1.80. The number of hydrazine groups is 1. The number of carbonyl (C=O) groups is 1. The minimum atomic E-state index is -0.279. The molecule has 0 unspecified atom stereocenters. The van der Waals surface area contributed by atoms with Crippen LogP contribution in [0, 0.1) is 5.82 Å². The van der Waals surface area contributed by atoms with Gasteiger partial charge >= 0.3 is 0 Å². The van der Waals surface area contributed by atoms with Gasteiger partial charge in [0.25, 0.3) is 0 Å². The molecule has 0 aromatic heterocycles. The Bertz CT molecular complexity index is 399. The quantitative estimate of drug-likeness (QED) is 0.856. The fourth-order valence-electron chi connectivity index (χ4n) is 1.92. The number of amides is 1. The first kappa shape index (κ1) is 13.0. The van der Waals surface area contributed by atoms with Crippen molar-refractivity contribution in [2.45, 2.75) is 6.42 Å². The Kier molecular flexibility index (Phi) is 4.28. The summed E-state index contributed by atoms with van der Waals surface area (Å²) in [5.41, 5.74) is 3.70. The number of hydrogen-bond acceptors (Lipinski definition) is 3. The zero-order chi connectivity index (χ0) is 13.0. The maximum atomic E-state index is 12.7. The average Bonchev–Trinajstić information content (AvgIpc) is 2.35. The molecule has 0 atom stereocenters. The lowest BCUT2D eigenvalue weighted by atomic mass is 10.1. The van der Waals surface area contributed by atoms with Crippen LogP contribution < -0.4 is 5.43 Å². The molecule has 1 N–H and O–H groups in total. The van der Waals surface area contributed by atoms with Crippen LogP contribution in [0.1, 0.15) is 5.56 Å². The summed E-state index contributed by atoms with van der Waals surface area (Å²) in [5, 5.41) is 1.94. The van der Waals surface area contributed by atoms with Gasteiger partial charge in [0.15, 0.2) is 0 Å². The van der Waals surface area contributed by atoms with Gasteiger partial charge in [-0.15, -0.1) is 0 Å². The molecule has 1 fully saturated rings. The van der Waals surface area contributed by atoms with E-state index in [1.54, 1.807) is 12.1 Å². The second kappa shape index (κ2) is 5.93. The highest BCUT2D eigenvalue weighted by molar-refractivity contribution is 5.78. The Morgan fingerprint density at radius 3 is 2.44 bits per heavy atom. The van der Waals surface area contributed by atoms with E-state index in [9.17, 15) is 9.18 Å². The van der Waals surface area contributed by atoms with Crippen LogP contribution in [0.2, 0.25) is 0 Å². The first-order chi connectivity index (χ1) is 8.63. The number of halogens is 1. The summed E-state index contributed by atoms with van der Waals surface area (Å²) < 4.78 is 12.7. The van der Waals surface area contributed by atoms with Crippen molar-refractivity contribution in [3.63, 3.8) is 0 Å². The Labute approximate surface area is 106 Å². The second-order valence-corrected chi connectivity index (χ2v) is 4.63. The van der Waals surface area contributed by atoms with E-state index in [1.165, 1.54) is 12.1 Å². The molecule has 1 aromatic rings. The number of likely N-dealkylation sites (N-methyl/N-ethyl adjacent to an activating group) is 1. The van der Waals surface area contributed by atoms with Crippen molar-refractivity contribution in [1.29, 1.82) is 0 Å². The normalized spacial score (nSPS) is 17.7. The van der Waals surface area contributed by atoms with Crippen LogP contribution in [-0.4, -0.2) is 49.0 Å². The number of hydrogen-bond donors (Lipinski definition) is 1. The summed E-state index contributed by atoms with van der Waals surface area (Å²) in [4.78, 5) is 14.0. The number of nitrogens with one attached hydrogen (secondary N) is 1. The molecular formula is C13H18FN3O. The van der Waals surface area contributed by atoms with Crippen LogP contribution >= 0.6 is 0 Å². The summed E-state index contributed by atoms with van der Waals surface area (Å²) in [6.07, 6.45) is 0.284. The Morgan fingerprint density at radius 1 is 1.22 bits per heavy atom. The van der Waals surface area contributed by atoms with Gasteiger partial charge in [0.1, 0.15) is 5.82 Å². The molecule has 4 nitrogen and oxygen atoms in total. The van der Waals surface area contributed by atoms with Crippen LogP contribution in [0.5, 0.6) is 0 Å². The van der Waals surface area contributed by atoms with Gasteiger partial charge in [-0.2, -0.15) is 0 Å². The van der Waals surface area contributed by atoms with Gasteiger partial charge < -0.3 is 4.90 Å². The Hall–Kier alpha value is -1.46. The van der Waals surface area contributed by atoms with Crippen molar-refractivity contribution >= 4 is 5.91 Å². The predicted octanol–water partition coefficient (Wildman–Crippen LogP) is 0.647. The van der Waals surface area contributed by atoms with E-state index in [2.05, 4.69) is 17.4 Å². The lowest BCUT2D eigenvalue weighted by molar-refractivity contribution is -0.126. The number of rotatable bonds is 3. The minimum Gasteiger partial charge on any atom is -0.304 e. The summed E-state index contributed by atoms with van der Waals surface area (Å²) in [5.74, 6) is -0.329. The number of nitrogens with zero attached hydrogens (tertiary/aromatic N) is 2. The molecule has 0 saturated carbocycles. The third kappa shape index (κ3) is 3.78. The largest absolute Gasteiger partial charge is 0.304 e. The third-order valence-corrected chi connectivity index (χ3v) is 3.06. The molecule has 0 bridgehead atoms. The van der Waals surface area contributed by atoms with E-state index < -0.39 is 0 Å². The van der Waals surface area contributed by atoms with Crippen molar-refractivity contribution in [1.82, 2.24) is 15.3 Å². The highest BCUT2D eigenvalue weighted by Gasteiger charge is 2.15. The molecule has 98 valence electrons. The molecule has 1 amide bonds. The molecule has 0 spiro atoms. The maximum Gasteiger partial charge on any atom is 0.238 e. The molecule has 2 rings (SSSR count). The van der Waals surface area contributed by atoms with Crippen molar-refractivity contribution in [2.75, 3.05) is 33.2 Å². The van der Waals surface area contributed by atoms with Gasteiger partial charge in [-0.25, -0.2) is 9.40 Å². The van der Waals surface area contributed by atoms with E-state index in [0.29, 0.717) is 0 Å². The van der Waals surface area contributed by atoms with E-state index in [1.807, 2.05) is 5.01 Å². The smallest absolute Gasteiger partial charge is 0.238 e. The molecule has 1 aliphatic rings. The van der Waals surface area contributed by atoms with Crippen LogP contribution in [-0.2, 0) is 11.2 Å². The number of benzene rings is 1. The molecule has 1 aromatic carbocycles. The zero-order valence-electron chi connectivity index (χ0n) is 10.5. The number of carbonyl (C=O) groups excluding carboxylic acids is 1.